The number of fused-ring (bicyclic) bond motifs is 2. The molecule has 2 aliphatic rings. The van der Waals surface area contributed by atoms with Gasteiger partial charge in [0.2, 0.25) is 15.9 Å². The summed E-state index contributed by atoms with van der Waals surface area (Å²) >= 11 is 0. The maximum atomic E-state index is 13.6. The van der Waals surface area contributed by atoms with Gasteiger partial charge >= 0.3 is 0 Å². The topological polar surface area (TPSA) is 69.7 Å². The van der Waals surface area contributed by atoms with E-state index in [0.717, 1.165) is 56.4 Å². The van der Waals surface area contributed by atoms with Crippen LogP contribution in [0.4, 0.5) is 5.69 Å². The van der Waals surface area contributed by atoms with E-state index in [1.807, 2.05) is 42.5 Å². The van der Waals surface area contributed by atoms with Gasteiger partial charge in [0.15, 0.2) is 0 Å². The highest BCUT2D eigenvalue weighted by Crippen LogP contribution is 2.50. The molecule has 1 spiro atoms. The highest BCUT2D eigenvalue weighted by molar-refractivity contribution is 7.92. The summed E-state index contributed by atoms with van der Waals surface area (Å²) in [5, 5.41) is 3.40. The minimum atomic E-state index is -3.35. The quantitative estimate of drug-likeness (QED) is 0.421. The first kappa shape index (κ1) is 27.4. The smallest absolute Gasteiger partial charge is 0.232 e. The Morgan fingerprint density at radius 3 is 2.18 bits per heavy atom. The minimum absolute atomic E-state index is 0.00238. The first-order valence-corrected chi connectivity index (χ1v) is 15.7. The number of hydrogen-bond acceptors (Lipinski definition) is 4. The van der Waals surface area contributed by atoms with Crippen LogP contribution in [0.15, 0.2) is 84.9 Å². The van der Waals surface area contributed by atoms with Crippen molar-refractivity contribution in [3.05, 3.63) is 102 Å². The Morgan fingerprint density at radius 2 is 1.54 bits per heavy atom. The van der Waals surface area contributed by atoms with Crippen LogP contribution < -0.4 is 9.62 Å². The molecule has 1 fully saturated rings. The number of benzene rings is 3. The molecule has 1 atom stereocenters. The van der Waals surface area contributed by atoms with Gasteiger partial charge in [-0.3, -0.25) is 9.10 Å². The number of carbonyl (C=O) groups is 1. The zero-order chi connectivity index (χ0) is 27.5. The highest BCUT2D eigenvalue weighted by atomic mass is 32.2. The molecule has 0 unspecified atom stereocenters. The summed E-state index contributed by atoms with van der Waals surface area (Å²) in [5.41, 5.74) is 4.16. The molecule has 0 saturated heterocycles. The molecule has 3 aromatic rings. The van der Waals surface area contributed by atoms with E-state index >= 15 is 0 Å². The Labute approximate surface area is 233 Å². The second-order valence-electron chi connectivity index (χ2n) is 11.4. The third-order valence-electron chi connectivity index (χ3n) is 8.40. The molecule has 3 aromatic carbocycles. The van der Waals surface area contributed by atoms with E-state index in [1.54, 1.807) is 4.31 Å². The Hall–Kier alpha value is -3.16. The monoisotopic (exact) mass is 545 g/mol. The summed E-state index contributed by atoms with van der Waals surface area (Å²) in [6.07, 6.45) is 5.20. The predicted molar refractivity (Wildman–Crippen MR) is 157 cm³/mol. The number of rotatable bonds is 9. The van der Waals surface area contributed by atoms with Gasteiger partial charge in [-0.2, -0.15) is 0 Å². The van der Waals surface area contributed by atoms with E-state index in [9.17, 15) is 13.2 Å². The molecular weight excluding hydrogens is 506 g/mol. The lowest BCUT2D eigenvalue weighted by Crippen LogP contribution is -2.48. The zero-order valence-electron chi connectivity index (χ0n) is 22.9. The van der Waals surface area contributed by atoms with Crippen LogP contribution >= 0.6 is 0 Å². The standard InChI is InChI=1S/C32H39N3O3S/c1-34(22-26-13-7-4-8-14-26)23-28(21-25-11-5-3-6-12-25)33-31(36)27-17-19-32(20-18-27)24-35(39(2,37)38)30-16-10-9-15-29(30)32/h3-16,27-28H,17-24H2,1-2H3,(H,33,36)/t27?,28-,32?/m0/s1. The Morgan fingerprint density at radius 1 is 0.949 bits per heavy atom. The Balaban J connectivity index is 1.25. The average Bonchev–Trinajstić information content (AvgIpc) is 3.24. The van der Waals surface area contributed by atoms with Crippen LogP contribution in [0, 0.1) is 5.92 Å². The third kappa shape index (κ3) is 6.36. The van der Waals surface area contributed by atoms with Crippen molar-refractivity contribution in [2.24, 2.45) is 5.92 Å². The summed E-state index contributed by atoms with van der Waals surface area (Å²) in [5.74, 6) is 0.0536. The maximum absolute atomic E-state index is 13.6. The van der Waals surface area contributed by atoms with Crippen LogP contribution in [0.2, 0.25) is 0 Å². The van der Waals surface area contributed by atoms with E-state index in [2.05, 4.69) is 59.7 Å². The fourth-order valence-electron chi connectivity index (χ4n) is 6.46. The number of sulfonamides is 1. The van der Waals surface area contributed by atoms with Crippen LogP contribution in [0.5, 0.6) is 0 Å². The molecule has 1 aliphatic heterocycles. The van der Waals surface area contributed by atoms with Gasteiger partial charge in [-0.15, -0.1) is 0 Å². The molecule has 0 radical (unpaired) electrons. The van der Waals surface area contributed by atoms with Crippen LogP contribution in [-0.4, -0.2) is 51.7 Å². The summed E-state index contributed by atoms with van der Waals surface area (Å²) in [7, 11) is -1.25. The molecule has 0 bridgehead atoms. The van der Waals surface area contributed by atoms with Gasteiger partial charge < -0.3 is 10.2 Å². The fourth-order valence-corrected chi connectivity index (χ4v) is 7.45. The fraction of sp³-hybridized carbons (Fsp3) is 0.406. The van der Waals surface area contributed by atoms with Crippen molar-refractivity contribution < 1.29 is 13.2 Å². The maximum Gasteiger partial charge on any atom is 0.232 e. The molecule has 0 aromatic heterocycles. The first-order chi connectivity index (χ1) is 18.7. The summed E-state index contributed by atoms with van der Waals surface area (Å²) < 4.78 is 26.6. The van der Waals surface area contributed by atoms with Crippen molar-refractivity contribution in [1.29, 1.82) is 0 Å². The van der Waals surface area contributed by atoms with Gasteiger partial charge in [-0.25, -0.2) is 8.42 Å². The van der Waals surface area contributed by atoms with Crippen LogP contribution in [-0.2, 0) is 33.2 Å². The van der Waals surface area contributed by atoms with Crippen molar-refractivity contribution in [3.63, 3.8) is 0 Å². The molecule has 1 amide bonds. The third-order valence-corrected chi connectivity index (χ3v) is 9.53. The van der Waals surface area contributed by atoms with Crippen LogP contribution in [0.1, 0.15) is 42.4 Å². The van der Waals surface area contributed by atoms with Crippen molar-refractivity contribution in [2.75, 3.05) is 30.7 Å². The lowest BCUT2D eigenvalue weighted by molar-refractivity contribution is -0.127. The van der Waals surface area contributed by atoms with Gasteiger partial charge in [0.05, 0.1) is 11.9 Å². The molecule has 1 N–H and O–H groups in total. The van der Waals surface area contributed by atoms with E-state index in [4.69, 9.17) is 0 Å². The summed E-state index contributed by atoms with van der Waals surface area (Å²) in [6.45, 7) is 2.05. The Kier molecular flexibility index (Phi) is 8.10. The molecule has 1 saturated carbocycles. The second kappa shape index (κ2) is 11.5. The molecule has 6 nitrogen and oxygen atoms in total. The van der Waals surface area contributed by atoms with E-state index in [1.165, 1.54) is 17.4 Å². The van der Waals surface area contributed by atoms with Crippen LogP contribution in [0.3, 0.4) is 0 Å². The summed E-state index contributed by atoms with van der Waals surface area (Å²) in [4.78, 5) is 15.8. The van der Waals surface area contributed by atoms with Crippen LogP contribution in [0.25, 0.3) is 0 Å². The minimum Gasteiger partial charge on any atom is -0.352 e. The van der Waals surface area contributed by atoms with Gasteiger partial charge in [0.1, 0.15) is 0 Å². The van der Waals surface area contributed by atoms with Gasteiger partial charge in [0, 0.05) is 37.0 Å². The Bertz CT molecular complexity index is 1370. The molecule has 7 heteroatoms. The lowest BCUT2D eigenvalue weighted by Gasteiger charge is -2.38. The first-order valence-electron chi connectivity index (χ1n) is 13.9. The number of hydrogen-bond donors (Lipinski definition) is 1. The number of carbonyl (C=O) groups excluding carboxylic acids is 1. The largest absolute Gasteiger partial charge is 0.352 e. The number of para-hydroxylation sites is 1. The average molecular weight is 546 g/mol. The zero-order valence-corrected chi connectivity index (χ0v) is 23.7. The van der Waals surface area contributed by atoms with E-state index in [0.29, 0.717) is 6.54 Å². The summed E-state index contributed by atoms with van der Waals surface area (Å²) in [6, 6.07) is 28.6. The number of likely N-dealkylation sites (N-methyl/N-ethyl adjacent to an activating group) is 1. The van der Waals surface area contributed by atoms with Gasteiger partial charge in [-0.1, -0.05) is 78.9 Å². The molecule has 39 heavy (non-hydrogen) atoms. The van der Waals surface area contributed by atoms with Crippen molar-refractivity contribution in [2.45, 2.75) is 50.1 Å². The molecular formula is C32H39N3O3S. The molecule has 206 valence electrons. The number of anilines is 1. The molecule has 1 aliphatic carbocycles. The SMILES string of the molecule is CN(Cc1ccccc1)C[C@H](Cc1ccccc1)NC(=O)C1CCC2(CC1)CN(S(C)(=O)=O)c1ccccc12. The normalized spacial score (nSPS) is 21.6. The van der Waals surface area contributed by atoms with Gasteiger partial charge in [0.25, 0.3) is 0 Å². The van der Waals surface area contributed by atoms with Crippen molar-refractivity contribution in [1.82, 2.24) is 10.2 Å². The van der Waals surface area contributed by atoms with Gasteiger partial charge in [-0.05, 0) is 61.9 Å². The number of amides is 1. The number of nitrogens with one attached hydrogen (secondary N) is 1. The second-order valence-corrected chi connectivity index (χ2v) is 13.3. The molecule has 1 heterocycles. The molecule has 5 rings (SSSR count). The van der Waals surface area contributed by atoms with E-state index < -0.39 is 10.0 Å². The highest BCUT2D eigenvalue weighted by Gasteiger charge is 2.48. The number of nitrogens with zero attached hydrogens (tertiary/aromatic N) is 2. The van der Waals surface area contributed by atoms with Crippen molar-refractivity contribution >= 4 is 21.6 Å². The van der Waals surface area contributed by atoms with E-state index in [-0.39, 0.29) is 23.3 Å². The van der Waals surface area contributed by atoms with Crippen molar-refractivity contribution in [3.8, 4) is 0 Å². The predicted octanol–water partition coefficient (Wildman–Crippen LogP) is 4.75. The lowest BCUT2D eigenvalue weighted by atomic mass is 9.67.